The predicted octanol–water partition coefficient (Wildman–Crippen LogP) is 1.97. The number of benzene rings is 1. The highest BCUT2D eigenvalue weighted by atomic mass is 14.5. The Labute approximate surface area is 71.9 Å². The molecule has 0 atom stereocenters. The Hall–Kier alpha value is -1.31. The second-order valence-electron chi connectivity index (χ2n) is 3.25. The molecule has 0 unspecified atom stereocenters. The maximum Gasteiger partial charge on any atom is 0.0389 e. The van der Waals surface area contributed by atoms with Gasteiger partial charge in [0.05, 0.1) is 0 Å². The van der Waals surface area contributed by atoms with Crippen molar-refractivity contribution in [2.75, 3.05) is 5.73 Å². The van der Waals surface area contributed by atoms with Crippen molar-refractivity contribution in [1.29, 1.82) is 5.41 Å². The van der Waals surface area contributed by atoms with Gasteiger partial charge in [0.1, 0.15) is 0 Å². The van der Waals surface area contributed by atoms with Crippen LogP contribution < -0.4 is 5.73 Å². The van der Waals surface area contributed by atoms with Crippen molar-refractivity contribution in [1.82, 2.24) is 0 Å². The summed E-state index contributed by atoms with van der Waals surface area (Å²) in [4.78, 5) is 0. The van der Waals surface area contributed by atoms with Crippen LogP contribution in [0.3, 0.4) is 0 Å². The van der Waals surface area contributed by atoms with Gasteiger partial charge in [0.15, 0.2) is 0 Å². The molecule has 0 radical (unpaired) electrons. The Kier molecular flexibility index (Phi) is 1.61. The first-order valence-corrected chi connectivity index (χ1v) is 4.23. The van der Waals surface area contributed by atoms with Gasteiger partial charge < -0.3 is 11.1 Å². The van der Waals surface area contributed by atoms with Crippen molar-refractivity contribution in [2.45, 2.75) is 19.3 Å². The van der Waals surface area contributed by atoms with Gasteiger partial charge in [-0.25, -0.2) is 0 Å². The molecule has 0 aliphatic heterocycles. The van der Waals surface area contributed by atoms with E-state index < -0.39 is 0 Å². The summed E-state index contributed by atoms with van der Waals surface area (Å²) in [5, 5.41) is 7.70. The first kappa shape index (κ1) is 7.35. The lowest BCUT2D eigenvalue weighted by Gasteiger charge is -2.16. The highest BCUT2D eigenvalue weighted by Gasteiger charge is 2.13. The van der Waals surface area contributed by atoms with E-state index in [0.717, 1.165) is 36.2 Å². The van der Waals surface area contributed by atoms with Crippen LogP contribution in [-0.4, -0.2) is 5.71 Å². The van der Waals surface area contributed by atoms with Crippen LogP contribution in [0.2, 0.25) is 0 Å². The van der Waals surface area contributed by atoms with Gasteiger partial charge in [-0.2, -0.15) is 0 Å². The summed E-state index contributed by atoms with van der Waals surface area (Å²) in [6.45, 7) is 0. The summed E-state index contributed by atoms with van der Waals surface area (Å²) in [6.07, 6.45) is 3.08. The summed E-state index contributed by atoms with van der Waals surface area (Å²) >= 11 is 0. The summed E-state index contributed by atoms with van der Waals surface area (Å²) < 4.78 is 0. The molecule has 0 fully saturated rings. The molecule has 0 bridgehead atoms. The Balaban J connectivity index is 2.53. The number of hydrogen-bond donors (Lipinski definition) is 2. The molecular formula is C10H12N2. The first-order chi connectivity index (χ1) is 5.77. The molecule has 0 saturated carbocycles. The fraction of sp³-hybridized carbons (Fsp3) is 0.300. The van der Waals surface area contributed by atoms with Crippen LogP contribution in [0.25, 0.3) is 0 Å². The Bertz CT molecular complexity index is 329. The summed E-state index contributed by atoms with van der Waals surface area (Å²) in [7, 11) is 0. The molecule has 2 heteroatoms. The summed E-state index contributed by atoms with van der Waals surface area (Å²) in [6, 6.07) is 5.83. The van der Waals surface area contributed by atoms with Crippen molar-refractivity contribution >= 4 is 11.4 Å². The summed E-state index contributed by atoms with van der Waals surface area (Å²) in [5.74, 6) is 0. The molecular weight excluding hydrogens is 148 g/mol. The van der Waals surface area contributed by atoms with Crippen LogP contribution in [0.5, 0.6) is 0 Å². The molecule has 62 valence electrons. The number of aryl methyl sites for hydroxylation is 1. The van der Waals surface area contributed by atoms with Gasteiger partial charge in [-0.3, -0.25) is 0 Å². The Morgan fingerprint density at radius 1 is 1.25 bits per heavy atom. The number of nitrogens with two attached hydrogens (primary N) is 1. The monoisotopic (exact) mass is 160 g/mol. The van der Waals surface area contributed by atoms with Gasteiger partial charge in [-0.1, -0.05) is 6.07 Å². The second kappa shape index (κ2) is 2.63. The lowest BCUT2D eigenvalue weighted by Crippen LogP contribution is -2.10. The highest BCUT2D eigenvalue weighted by Crippen LogP contribution is 2.22. The van der Waals surface area contributed by atoms with E-state index in [0.29, 0.717) is 0 Å². The number of nitrogens with one attached hydrogen (secondary N) is 1. The lowest BCUT2D eigenvalue weighted by molar-refractivity contribution is 0.836. The molecule has 0 saturated heterocycles. The molecule has 3 N–H and O–H groups in total. The topological polar surface area (TPSA) is 49.9 Å². The van der Waals surface area contributed by atoms with E-state index >= 15 is 0 Å². The van der Waals surface area contributed by atoms with E-state index in [1.807, 2.05) is 18.2 Å². The van der Waals surface area contributed by atoms with Gasteiger partial charge in [0.2, 0.25) is 0 Å². The summed E-state index contributed by atoms with van der Waals surface area (Å²) in [5.41, 5.74) is 9.56. The van der Waals surface area contributed by atoms with Crippen LogP contribution in [0.15, 0.2) is 18.2 Å². The third-order valence-electron chi connectivity index (χ3n) is 2.33. The van der Waals surface area contributed by atoms with Crippen LogP contribution >= 0.6 is 0 Å². The van der Waals surface area contributed by atoms with Gasteiger partial charge in [-0.15, -0.1) is 0 Å². The smallest absolute Gasteiger partial charge is 0.0389 e. The largest absolute Gasteiger partial charge is 0.399 e. The molecule has 0 aromatic heterocycles. The van der Waals surface area contributed by atoms with E-state index in [2.05, 4.69) is 0 Å². The van der Waals surface area contributed by atoms with Crippen molar-refractivity contribution < 1.29 is 0 Å². The number of fused-ring (bicyclic) bond motifs is 1. The molecule has 2 rings (SSSR count). The van der Waals surface area contributed by atoms with E-state index in [-0.39, 0.29) is 0 Å². The zero-order chi connectivity index (χ0) is 8.55. The molecule has 0 amide bonds. The minimum absolute atomic E-state index is 0.760. The normalized spacial score (nSPS) is 15.8. The molecule has 12 heavy (non-hydrogen) atoms. The van der Waals surface area contributed by atoms with Crippen molar-refractivity contribution in [3.63, 3.8) is 0 Å². The van der Waals surface area contributed by atoms with Crippen LogP contribution in [-0.2, 0) is 6.42 Å². The molecule has 2 nitrogen and oxygen atoms in total. The molecule has 1 aliphatic carbocycles. The fourth-order valence-electron chi connectivity index (χ4n) is 1.71. The molecule has 1 aliphatic rings. The zero-order valence-electron chi connectivity index (χ0n) is 6.93. The Morgan fingerprint density at radius 3 is 2.92 bits per heavy atom. The average molecular weight is 160 g/mol. The molecule has 0 heterocycles. The van der Waals surface area contributed by atoms with Crippen molar-refractivity contribution in [3.8, 4) is 0 Å². The SMILES string of the molecule is N=C1CCCc2cc(N)ccc21. The van der Waals surface area contributed by atoms with Crippen LogP contribution in [0, 0.1) is 5.41 Å². The number of nitrogen functional groups attached to an aromatic ring is 1. The number of hydrogen-bond acceptors (Lipinski definition) is 2. The van der Waals surface area contributed by atoms with Gasteiger partial charge in [-0.05, 0) is 42.5 Å². The fourth-order valence-corrected chi connectivity index (χ4v) is 1.71. The zero-order valence-corrected chi connectivity index (χ0v) is 6.93. The maximum absolute atomic E-state index is 7.70. The molecule has 0 spiro atoms. The molecule has 1 aromatic rings. The van der Waals surface area contributed by atoms with Crippen molar-refractivity contribution in [3.05, 3.63) is 29.3 Å². The van der Waals surface area contributed by atoms with Crippen molar-refractivity contribution in [2.24, 2.45) is 0 Å². The second-order valence-corrected chi connectivity index (χ2v) is 3.25. The maximum atomic E-state index is 7.70. The van der Waals surface area contributed by atoms with Crippen LogP contribution in [0.1, 0.15) is 24.0 Å². The van der Waals surface area contributed by atoms with E-state index in [9.17, 15) is 0 Å². The minimum atomic E-state index is 0.760. The third-order valence-corrected chi connectivity index (χ3v) is 2.33. The Morgan fingerprint density at radius 2 is 2.08 bits per heavy atom. The van der Waals surface area contributed by atoms with E-state index in [1.54, 1.807) is 0 Å². The average Bonchev–Trinajstić information content (AvgIpc) is 2.04. The number of rotatable bonds is 0. The minimum Gasteiger partial charge on any atom is -0.399 e. The highest BCUT2D eigenvalue weighted by molar-refractivity contribution is 6.00. The standard InChI is InChI=1S/C10H12N2/c11-8-4-5-9-7(6-8)2-1-3-10(9)12/h4-6,12H,1-3,11H2. The number of anilines is 1. The lowest BCUT2D eigenvalue weighted by atomic mass is 9.90. The van der Waals surface area contributed by atoms with Gasteiger partial charge in [0, 0.05) is 11.4 Å². The molecule has 1 aromatic carbocycles. The van der Waals surface area contributed by atoms with E-state index in [4.69, 9.17) is 11.1 Å². The predicted molar refractivity (Wildman–Crippen MR) is 50.6 cm³/mol. The third kappa shape index (κ3) is 1.09. The quantitative estimate of drug-likeness (QED) is 0.560. The van der Waals surface area contributed by atoms with E-state index in [1.165, 1.54) is 5.56 Å². The first-order valence-electron chi connectivity index (χ1n) is 4.23. The van der Waals surface area contributed by atoms with Crippen LogP contribution in [0.4, 0.5) is 5.69 Å². The van der Waals surface area contributed by atoms with Gasteiger partial charge in [0.25, 0.3) is 0 Å². The van der Waals surface area contributed by atoms with Gasteiger partial charge >= 0.3 is 0 Å².